The van der Waals surface area contributed by atoms with Crippen molar-refractivity contribution in [3.05, 3.63) is 88.5 Å². The molecule has 170 valence electrons. The van der Waals surface area contributed by atoms with Gasteiger partial charge >= 0.3 is 0 Å². The zero-order valence-electron chi connectivity index (χ0n) is 19.2. The highest BCUT2D eigenvalue weighted by atomic mass is 16.5. The Hall–Kier alpha value is -3.64. The Morgan fingerprint density at radius 3 is 2.48 bits per heavy atom. The van der Waals surface area contributed by atoms with E-state index < -0.39 is 23.7 Å². The Kier molecular flexibility index (Phi) is 5.95. The van der Waals surface area contributed by atoms with Gasteiger partial charge in [0, 0.05) is 11.6 Å². The van der Waals surface area contributed by atoms with Crippen molar-refractivity contribution in [3.8, 4) is 11.5 Å². The number of aryl methyl sites for hydroxylation is 2. The van der Waals surface area contributed by atoms with Gasteiger partial charge in [-0.2, -0.15) is 0 Å². The van der Waals surface area contributed by atoms with Crippen LogP contribution >= 0.6 is 0 Å². The molecule has 1 aliphatic rings. The number of benzene rings is 3. The summed E-state index contributed by atoms with van der Waals surface area (Å²) in [5.41, 5.74) is 2.50. The number of rotatable bonds is 7. The monoisotopic (exact) mass is 445 g/mol. The van der Waals surface area contributed by atoms with Gasteiger partial charge < -0.3 is 19.5 Å². The summed E-state index contributed by atoms with van der Waals surface area (Å²) in [6, 6.07) is 18.0. The van der Waals surface area contributed by atoms with Gasteiger partial charge in [-0.05, 0) is 43.2 Å². The van der Waals surface area contributed by atoms with Crippen molar-refractivity contribution in [3.63, 3.8) is 0 Å². The Bertz CT molecular complexity index is 1230. The molecule has 1 atom stereocenters. The smallest absolute Gasteiger partial charge is 0.264 e. The molecule has 0 aliphatic carbocycles. The quantitative estimate of drug-likeness (QED) is 0.548. The first-order valence-corrected chi connectivity index (χ1v) is 10.7. The summed E-state index contributed by atoms with van der Waals surface area (Å²) in [6.07, 6.45) is -0.394. The second kappa shape index (κ2) is 8.71. The SMILES string of the molecule is COc1ccc(C(=O)C[C@]2(O)C(=O)N(Cc3cc(C)ccc3C)c3ccccc32)c(OC)c1. The number of methoxy groups -OCH3 is 2. The molecular weight excluding hydrogens is 418 g/mol. The lowest BCUT2D eigenvalue weighted by molar-refractivity contribution is -0.136. The number of anilines is 1. The van der Waals surface area contributed by atoms with Crippen LogP contribution in [0.1, 0.15) is 39.0 Å². The van der Waals surface area contributed by atoms with Crippen molar-refractivity contribution in [2.75, 3.05) is 19.1 Å². The molecule has 0 bridgehead atoms. The van der Waals surface area contributed by atoms with E-state index in [0.29, 0.717) is 29.3 Å². The van der Waals surface area contributed by atoms with Crippen LogP contribution in [0.15, 0.2) is 60.7 Å². The van der Waals surface area contributed by atoms with Crippen LogP contribution in [0.25, 0.3) is 0 Å². The lowest BCUT2D eigenvalue weighted by Crippen LogP contribution is -2.41. The van der Waals surface area contributed by atoms with Gasteiger partial charge in [0.05, 0.1) is 38.4 Å². The van der Waals surface area contributed by atoms with Crippen molar-refractivity contribution in [1.29, 1.82) is 0 Å². The molecule has 6 heteroatoms. The second-order valence-corrected chi connectivity index (χ2v) is 8.36. The van der Waals surface area contributed by atoms with E-state index in [4.69, 9.17) is 9.47 Å². The van der Waals surface area contributed by atoms with E-state index in [1.165, 1.54) is 14.2 Å². The van der Waals surface area contributed by atoms with Gasteiger partial charge in [0.15, 0.2) is 11.4 Å². The molecule has 1 aliphatic heterocycles. The van der Waals surface area contributed by atoms with E-state index in [1.54, 1.807) is 41.3 Å². The fourth-order valence-corrected chi connectivity index (χ4v) is 4.33. The maximum atomic E-state index is 13.6. The van der Waals surface area contributed by atoms with Crippen LogP contribution in [0.5, 0.6) is 11.5 Å². The van der Waals surface area contributed by atoms with Crippen molar-refractivity contribution < 1.29 is 24.2 Å². The molecule has 1 amide bonds. The van der Waals surface area contributed by atoms with Gasteiger partial charge in [0.25, 0.3) is 5.91 Å². The van der Waals surface area contributed by atoms with E-state index in [2.05, 4.69) is 0 Å². The molecule has 0 fully saturated rings. The number of aliphatic hydroxyl groups is 1. The summed E-state index contributed by atoms with van der Waals surface area (Å²) >= 11 is 0. The van der Waals surface area contributed by atoms with Crippen LogP contribution in [0.3, 0.4) is 0 Å². The third kappa shape index (κ3) is 3.98. The van der Waals surface area contributed by atoms with Crippen LogP contribution in [-0.2, 0) is 16.9 Å². The number of hydrogen-bond acceptors (Lipinski definition) is 5. The van der Waals surface area contributed by atoms with Gasteiger partial charge in [-0.25, -0.2) is 0 Å². The molecule has 3 aromatic carbocycles. The molecule has 0 spiro atoms. The predicted molar refractivity (Wildman–Crippen MR) is 126 cm³/mol. The maximum absolute atomic E-state index is 13.6. The Labute approximate surface area is 193 Å². The first-order valence-electron chi connectivity index (χ1n) is 10.7. The lowest BCUT2D eigenvalue weighted by Gasteiger charge is -2.24. The normalized spacial score (nSPS) is 17.1. The Morgan fingerprint density at radius 1 is 1.00 bits per heavy atom. The average molecular weight is 446 g/mol. The van der Waals surface area contributed by atoms with Crippen LogP contribution in [0, 0.1) is 13.8 Å². The molecular formula is C27H27NO5. The summed E-state index contributed by atoms with van der Waals surface area (Å²) in [6.45, 7) is 4.30. The molecule has 6 nitrogen and oxygen atoms in total. The Morgan fingerprint density at radius 2 is 1.76 bits per heavy atom. The first-order chi connectivity index (χ1) is 15.8. The van der Waals surface area contributed by atoms with E-state index in [-0.39, 0.29) is 5.56 Å². The summed E-state index contributed by atoms with van der Waals surface area (Å²) < 4.78 is 10.5. The Balaban J connectivity index is 1.70. The first kappa shape index (κ1) is 22.6. The summed E-state index contributed by atoms with van der Waals surface area (Å²) in [4.78, 5) is 28.4. The van der Waals surface area contributed by atoms with Gasteiger partial charge in [0.1, 0.15) is 11.5 Å². The highest BCUT2D eigenvalue weighted by Crippen LogP contribution is 2.44. The van der Waals surface area contributed by atoms with Crippen molar-refractivity contribution >= 4 is 17.4 Å². The molecule has 4 rings (SSSR count). The molecule has 0 saturated heterocycles. The number of para-hydroxylation sites is 1. The highest BCUT2D eigenvalue weighted by Gasteiger charge is 2.51. The van der Waals surface area contributed by atoms with Gasteiger partial charge in [-0.15, -0.1) is 0 Å². The predicted octanol–water partition coefficient (Wildman–Crippen LogP) is 4.33. The van der Waals surface area contributed by atoms with Crippen LogP contribution in [0.2, 0.25) is 0 Å². The van der Waals surface area contributed by atoms with Gasteiger partial charge in [-0.1, -0.05) is 42.0 Å². The summed E-state index contributed by atoms with van der Waals surface area (Å²) in [5, 5.41) is 11.6. The summed E-state index contributed by atoms with van der Waals surface area (Å²) in [7, 11) is 2.99. The number of ether oxygens (including phenoxy) is 2. The number of hydrogen-bond donors (Lipinski definition) is 1. The van der Waals surface area contributed by atoms with E-state index in [0.717, 1.165) is 16.7 Å². The van der Waals surface area contributed by atoms with E-state index in [9.17, 15) is 14.7 Å². The number of ketones is 1. The van der Waals surface area contributed by atoms with Gasteiger partial charge in [0.2, 0.25) is 0 Å². The van der Waals surface area contributed by atoms with Crippen LogP contribution in [-0.4, -0.2) is 31.0 Å². The third-order valence-corrected chi connectivity index (χ3v) is 6.20. The number of nitrogens with zero attached hydrogens (tertiary/aromatic N) is 1. The fourth-order valence-electron chi connectivity index (χ4n) is 4.33. The van der Waals surface area contributed by atoms with E-state index in [1.807, 2.05) is 38.1 Å². The molecule has 1 N–H and O–H groups in total. The zero-order chi connectivity index (χ0) is 23.8. The fraction of sp³-hybridized carbons (Fsp3) is 0.259. The molecule has 33 heavy (non-hydrogen) atoms. The zero-order valence-corrected chi connectivity index (χ0v) is 19.2. The minimum absolute atomic E-state index is 0.282. The number of amides is 1. The van der Waals surface area contributed by atoms with Crippen LogP contribution < -0.4 is 14.4 Å². The topological polar surface area (TPSA) is 76.1 Å². The number of carbonyl (C=O) groups is 2. The lowest BCUT2D eigenvalue weighted by atomic mass is 9.88. The standard InChI is InChI=1S/C27H27NO5/c1-17-9-10-18(2)19(13-17)16-28-23-8-6-5-7-22(23)27(31,26(28)30)15-24(29)21-12-11-20(32-3)14-25(21)33-4/h5-14,31H,15-16H2,1-4H3/t27-/m1/s1. The number of Topliss-reactive ketones (excluding diaryl/α,β-unsaturated/α-hetero) is 1. The minimum Gasteiger partial charge on any atom is -0.497 e. The minimum atomic E-state index is -1.96. The van der Waals surface area contributed by atoms with Crippen LogP contribution in [0.4, 0.5) is 5.69 Å². The molecule has 0 saturated carbocycles. The molecule has 1 heterocycles. The van der Waals surface area contributed by atoms with Crippen molar-refractivity contribution in [1.82, 2.24) is 0 Å². The largest absolute Gasteiger partial charge is 0.497 e. The average Bonchev–Trinajstić information content (AvgIpc) is 3.02. The van der Waals surface area contributed by atoms with Crippen molar-refractivity contribution in [2.45, 2.75) is 32.4 Å². The maximum Gasteiger partial charge on any atom is 0.264 e. The van der Waals surface area contributed by atoms with E-state index >= 15 is 0 Å². The number of fused-ring (bicyclic) bond motifs is 1. The molecule has 3 aromatic rings. The third-order valence-electron chi connectivity index (χ3n) is 6.20. The molecule has 0 unspecified atom stereocenters. The van der Waals surface area contributed by atoms with Crippen molar-refractivity contribution in [2.24, 2.45) is 0 Å². The number of carbonyl (C=O) groups excluding carboxylic acids is 2. The highest BCUT2D eigenvalue weighted by molar-refractivity contribution is 6.11. The molecule has 0 aromatic heterocycles. The summed E-state index contributed by atoms with van der Waals surface area (Å²) in [5.74, 6) is -0.0304. The van der Waals surface area contributed by atoms with Gasteiger partial charge in [-0.3, -0.25) is 9.59 Å². The second-order valence-electron chi connectivity index (χ2n) is 8.36. The molecule has 0 radical (unpaired) electrons.